The molecule has 0 aliphatic carbocycles. The Kier molecular flexibility index (Phi) is 6.14. The molecular formula is C16H25N3O2. The van der Waals surface area contributed by atoms with Crippen molar-refractivity contribution in [3.8, 4) is 0 Å². The highest BCUT2D eigenvalue weighted by atomic mass is 16.5. The quantitative estimate of drug-likeness (QED) is 0.801. The molecule has 1 amide bonds. The van der Waals surface area contributed by atoms with Crippen LogP contribution in [0.2, 0.25) is 0 Å². The number of aryl methyl sites for hydroxylation is 1. The molecule has 0 aromatic carbocycles. The van der Waals surface area contributed by atoms with Gasteiger partial charge in [-0.2, -0.15) is 0 Å². The van der Waals surface area contributed by atoms with Crippen molar-refractivity contribution >= 4 is 5.91 Å². The summed E-state index contributed by atoms with van der Waals surface area (Å²) < 4.78 is 5.67. The van der Waals surface area contributed by atoms with E-state index in [0.717, 1.165) is 25.9 Å². The number of aromatic nitrogens is 1. The lowest BCUT2D eigenvalue weighted by molar-refractivity contribution is -0.125. The number of carbonyl (C=O) groups is 1. The van der Waals surface area contributed by atoms with Crippen molar-refractivity contribution < 1.29 is 9.53 Å². The third kappa shape index (κ3) is 5.81. The fourth-order valence-electron chi connectivity index (χ4n) is 2.74. The van der Waals surface area contributed by atoms with Crippen LogP contribution < -0.4 is 5.32 Å². The molecule has 0 unspecified atom stereocenters. The van der Waals surface area contributed by atoms with Crippen LogP contribution >= 0.6 is 0 Å². The van der Waals surface area contributed by atoms with E-state index in [4.69, 9.17) is 4.74 Å². The lowest BCUT2D eigenvalue weighted by Crippen LogP contribution is -2.49. The van der Waals surface area contributed by atoms with Crippen molar-refractivity contribution in [2.45, 2.75) is 38.9 Å². The van der Waals surface area contributed by atoms with Gasteiger partial charge in [0.25, 0.3) is 0 Å². The molecule has 116 valence electrons. The first-order valence-electron chi connectivity index (χ1n) is 7.67. The SMILES string of the molecule is C[C@@H]1CN(CC(=O)NCCCc2cccnc2)C[C@H](C)O1. The molecule has 1 saturated heterocycles. The molecule has 0 bridgehead atoms. The minimum Gasteiger partial charge on any atom is -0.373 e. The monoisotopic (exact) mass is 291 g/mol. The maximum atomic E-state index is 11.9. The molecule has 5 nitrogen and oxygen atoms in total. The standard InChI is InChI=1S/C16H25N3O2/c1-13-10-19(11-14(2)21-13)12-16(20)18-8-4-6-15-5-3-7-17-9-15/h3,5,7,9,13-14H,4,6,8,10-12H2,1-2H3,(H,18,20)/t13-,14+. The molecule has 1 aromatic heterocycles. The van der Waals surface area contributed by atoms with Gasteiger partial charge in [-0.25, -0.2) is 0 Å². The van der Waals surface area contributed by atoms with Crippen LogP contribution in [0, 0.1) is 0 Å². The smallest absolute Gasteiger partial charge is 0.234 e. The Morgan fingerprint density at radius 2 is 2.19 bits per heavy atom. The van der Waals surface area contributed by atoms with E-state index in [-0.39, 0.29) is 18.1 Å². The Labute approximate surface area is 126 Å². The van der Waals surface area contributed by atoms with Gasteiger partial charge >= 0.3 is 0 Å². The molecule has 1 aromatic rings. The van der Waals surface area contributed by atoms with Gasteiger partial charge < -0.3 is 10.1 Å². The van der Waals surface area contributed by atoms with Crippen LogP contribution in [0.25, 0.3) is 0 Å². The first-order chi connectivity index (χ1) is 10.1. The van der Waals surface area contributed by atoms with E-state index < -0.39 is 0 Å². The summed E-state index contributed by atoms with van der Waals surface area (Å²) in [5, 5.41) is 2.99. The zero-order valence-corrected chi connectivity index (χ0v) is 12.9. The van der Waals surface area contributed by atoms with Gasteiger partial charge in [0.1, 0.15) is 0 Å². The number of nitrogens with zero attached hydrogens (tertiary/aromatic N) is 2. The molecule has 1 aliphatic rings. The summed E-state index contributed by atoms with van der Waals surface area (Å²) >= 11 is 0. The van der Waals surface area contributed by atoms with Gasteiger partial charge in [-0.15, -0.1) is 0 Å². The molecule has 5 heteroatoms. The van der Waals surface area contributed by atoms with Gasteiger partial charge in [0.05, 0.1) is 18.8 Å². The molecule has 0 spiro atoms. The summed E-state index contributed by atoms with van der Waals surface area (Å²) in [7, 11) is 0. The number of pyridine rings is 1. The van der Waals surface area contributed by atoms with Crippen molar-refractivity contribution in [2.24, 2.45) is 0 Å². The van der Waals surface area contributed by atoms with E-state index in [1.165, 1.54) is 5.56 Å². The summed E-state index contributed by atoms with van der Waals surface area (Å²) in [6.07, 6.45) is 5.93. The number of hydrogen-bond donors (Lipinski definition) is 1. The number of hydrogen-bond acceptors (Lipinski definition) is 4. The molecule has 2 heterocycles. The maximum absolute atomic E-state index is 11.9. The highest BCUT2D eigenvalue weighted by Gasteiger charge is 2.23. The van der Waals surface area contributed by atoms with Crippen LogP contribution in [0.1, 0.15) is 25.8 Å². The minimum atomic E-state index is 0.0995. The Bertz CT molecular complexity index is 428. The molecule has 1 N–H and O–H groups in total. The predicted molar refractivity (Wildman–Crippen MR) is 82.0 cm³/mol. The largest absolute Gasteiger partial charge is 0.373 e. The average Bonchev–Trinajstić information content (AvgIpc) is 2.43. The van der Waals surface area contributed by atoms with Crippen molar-refractivity contribution in [2.75, 3.05) is 26.2 Å². The van der Waals surface area contributed by atoms with Gasteiger partial charge in [0.2, 0.25) is 5.91 Å². The van der Waals surface area contributed by atoms with Crippen LogP contribution in [-0.2, 0) is 16.0 Å². The second-order valence-corrected chi connectivity index (χ2v) is 5.77. The van der Waals surface area contributed by atoms with Crippen LogP contribution in [0.3, 0.4) is 0 Å². The lowest BCUT2D eigenvalue weighted by atomic mass is 10.1. The van der Waals surface area contributed by atoms with E-state index in [0.29, 0.717) is 13.1 Å². The van der Waals surface area contributed by atoms with Gasteiger partial charge in [-0.1, -0.05) is 6.07 Å². The molecule has 2 atom stereocenters. The Balaban J connectivity index is 1.61. The van der Waals surface area contributed by atoms with E-state index in [1.807, 2.05) is 12.3 Å². The average molecular weight is 291 g/mol. The van der Waals surface area contributed by atoms with Crippen molar-refractivity contribution in [3.05, 3.63) is 30.1 Å². The molecule has 21 heavy (non-hydrogen) atoms. The van der Waals surface area contributed by atoms with Crippen molar-refractivity contribution in [1.29, 1.82) is 0 Å². The molecule has 2 rings (SSSR count). The van der Waals surface area contributed by atoms with E-state index in [2.05, 4.69) is 35.1 Å². The number of amides is 1. The molecule has 0 radical (unpaired) electrons. The number of nitrogens with one attached hydrogen (secondary N) is 1. The highest BCUT2D eigenvalue weighted by molar-refractivity contribution is 5.77. The molecule has 0 saturated carbocycles. The summed E-state index contributed by atoms with van der Waals surface area (Å²) in [5.41, 5.74) is 1.21. The summed E-state index contributed by atoms with van der Waals surface area (Å²) in [4.78, 5) is 18.2. The van der Waals surface area contributed by atoms with Gasteiger partial charge in [0.15, 0.2) is 0 Å². The van der Waals surface area contributed by atoms with Crippen LogP contribution in [0.4, 0.5) is 0 Å². The van der Waals surface area contributed by atoms with Crippen molar-refractivity contribution in [3.63, 3.8) is 0 Å². The van der Waals surface area contributed by atoms with Crippen molar-refractivity contribution in [1.82, 2.24) is 15.2 Å². The molecular weight excluding hydrogens is 266 g/mol. The first kappa shape index (κ1) is 15.9. The van der Waals surface area contributed by atoms with Crippen LogP contribution in [0.15, 0.2) is 24.5 Å². The van der Waals surface area contributed by atoms with Gasteiger partial charge in [0, 0.05) is 32.0 Å². The third-order valence-electron chi connectivity index (χ3n) is 3.55. The molecule has 1 fully saturated rings. The summed E-state index contributed by atoms with van der Waals surface area (Å²) in [6.45, 7) is 6.93. The Morgan fingerprint density at radius 3 is 2.86 bits per heavy atom. The topological polar surface area (TPSA) is 54.5 Å². The Morgan fingerprint density at radius 1 is 1.43 bits per heavy atom. The summed E-state index contributed by atoms with van der Waals surface area (Å²) in [6, 6.07) is 4.00. The maximum Gasteiger partial charge on any atom is 0.234 e. The fraction of sp³-hybridized carbons (Fsp3) is 0.625. The fourth-order valence-corrected chi connectivity index (χ4v) is 2.74. The van der Waals surface area contributed by atoms with E-state index in [1.54, 1.807) is 6.20 Å². The Hall–Kier alpha value is -1.46. The zero-order valence-electron chi connectivity index (χ0n) is 12.9. The van der Waals surface area contributed by atoms with Gasteiger partial charge in [-0.3, -0.25) is 14.7 Å². The van der Waals surface area contributed by atoms with Crippen LogP contribution in [0.5, 0.6) is 0 Å². The van der Waals surface area contributed by atoms with Gasteiger partial charge in [-0.05, 0) is 38.3 Å². The number of rotatable bonds is 6. The minimum absolute atomic E-state index is 0.0995. The molecule has 1 aliphatic heterocycles. The second kappa shape index (κ2) is 8.10. The predicted octanol–water partition coefficient (Wildman–Crippen LogP) is 1.24. The number of morpholine rings is 1. The normalized spacial score (nSPS) is 23.0. The third-order valence-corrected chi connectivity index (χ3v) is 3.55. The van der Waals surface area contributed by atoms with E-state index in [9.17, 15) is 4.79 Å². The summed E-state index contributed by atoms with van der Waals surface area (Å²) in [5.74, 6) is 0.0995. The van der Waals surface area contributed by atoms with E-state index >= 15 is 0 Å². The highest BCUT2D eigenvalue weighted by Crippen LogP contribution is 2.09. The zero-order chi connectivity index (χ0) is 15.1. The van der Waals surface area contributed by atoms with Crippen LogP contribution in [-0.4, -0.2) is 54.2 Å². The number of carbonyl (C=O) groups excluding carboxylic acids is 1. The second-order valence-electron chi connectivity index (χ2n) is 5.77. The number of ether oxygens (including phenoxy) is 1. The lowest BCUT2D eigenvalue weighted by Gasteiger charge is -2.34. The first-order valence-corrected chi connectivity index (χ1v) is 7.67.